The molecule has 0 aliphatic carbocycles. The Labute approximate surface area is 199 Å². The summed E-state index contributed by atoms with van der Waals surface area (Å²) in [6.07, 6.45) is 3.81. The number of urea groups is 1. The first-order chi connectivity index (χ1) is 16.6. The second-order valence-electron chi connectivity index (χ2n) is 8.90. The number of rotatable bonds is 5. The molecule has 1 atom stereocenters. The molecule has 176 valence electrons. The minimum atomic E-state index is -0.430. The van der Waals surface area contributed by atoms with E-state index < -0.39 is 6.04 Å². The summed E-state index contributed by atoms with van der Waals surface area (Å²) in [5.41, 5.74) is 4.18. The quantitative estimate of drug-likeness (QED) is 0.548. The number of amides is 2. The molecule has 1 spiro atoms. The van der Waals surface area contributed by atoms with E-state index in [1.807, 2.05) is 41.3 Å². The SMILES string of the molecule is CCOC(=O)CC(NC(=O)N1CCC2(CC1)Nc1ccccc1-n1cccc12)c1ccccc1. The Bertz CT molecular complexity index is 1170. The topological polar surface area (TPSA) is 75.6 Å². The van der Waals surface area contributed by atoms with Crippen LogP contribution >= 0.6 is 0 Å². The number of para-hydroxylation sites is 2. The molecule has 7 heteroatoms. The first kappa shape index (κ1) is 22.1. The number of hydrogen-bond donors (Lipinski definition) is 2. The van der Waals surface area contributed by atoms with E-state index in [4.69, 9.17) is 4.74 Å². The maximum atomic E-state index is 13.2. The van der Waals surface area contributed by atoms with Gasteiger partial charge in [-0.15, -0.1) is 0 Å². The van der Waals surface area contributed by atoms with E-state index in [2.05, 4.69) is 51.7 Å². The highest BCUT2D eigenvalue weighted by Crippen LogP contribution is 2.43. The summed E-state index contributed by atoms with van der Waals surface area (Å²) in [6, 6.07) is 21.6. The highest BCUT2D eigenvalue weighted by molar-refractivity contribution is 5.77. The molecule has 1 unspecified atom stereocenters. The zero-order valence-electron chi connectivity index (χ0n) is 19.4. The van der Waals surface area contributed by atoms with Crippen molar-refractivity contribution in [3.8, 4) is 5.69 Å². The van der Waals surface area contributed by atoms with Crippen LogP contribution in [0.5, 0.6) is 0 Å². The Balaban J connectivity index is 1.29. The number of nitrogens with zero attached hydrogens (tertiary/aromatic N) is 2. The number of likely N-dealkylation sites (tertiary alicyclic amines) is 1. The summed E-state index contributed by atoms with van der Waals surface area (Å²) < 4.78 is 7.39. The predicted molar refractivity (Wildman–Crippen MR) is 131 cm³/mol. The van der Waals surface area contributed by atoms with Crippen molar-refractivity contribution >= 4 is 17.7 Å². The molecule has 3 aromatic rings. The Morgan fingerprint density at radius 1 is 1.03 bits per heavy atom. The lowest BCUT2D eigenvalue weighted by atomic mass is 9.82. The molecule has 1 saturated heterocycles. The highest BCUT2D eigenvalue weighted by Gasteiger charge is 2.42. The van der Waals surface area contributed by atoms with Crippen molar-refractivity contribution in [1.82, 2.24) is 14.8 Å². The third-order valence-electron chi connectivity index (χ3n) is 6.86. The van der Waals surface area contributed by atoms with Crippen LogP contribution in [-0.4, -0.2) is 41.2 Å². The van der Waals surface area contributed by atoms with Crippen LogP contribution in [0.4, 0.5) is 10.5 Å². The van der Waals surface area contributed by atoms with Gasteiger partial charge in [0.1, 0.15) is 0 Å². The lowest BCUT2D eigenvalue weighted by Gasteiger charge is -2.46. The van der Waals surface area contributed by atoms with Gasteiger partial charge in [0, 0.05) is 25.0 Å². The van der Waals surface area contributed by atoms with Gasteiger partial charge in [-0.05, 0) is 49.6 Å². The lowest BCUT2D eigenvalue weighted by Crippen LogP contribution is -2.53. The number of hydrogen-bond acceptors (Lipinski definition) is 4. The molecule has 0 radical (unpaired) electrons. The average Bonchev–Trinajstić information content (AvgIpc) is 3.36. The van der Waals surface area contributed by atoms with Crippen LogP contribution in [0.15, 0.2) is 72.9 Å². The van der Waals surface area contributed by atoms with E-state index >= 15 is 0 Å². The van der Waals surface area contributed by atoms with Gasteiger partial charge in [-0.25, -0.2) is 4.79 Å². The van der Waals surface area contributed by atoms with Gasteiger partial charge in [0.15, 0.2) is 0 Å². The van der Waals surface area contributed by atoms with Gasteiger partial charge in [0.25, 0.3) is 0 Å². The van der Waals surface area contributed by atoms with Gasteiger partial charge < -0.3 is 24.8 Å². The number of benzene rings is 2. The number of piperidine rings is 1. The molecular formula is C27H30N4O3. The van der Waals surface area contributed by atoms with Crippen LogP contribution in [0.25, 0.3) is 5.69 Å². The van der Waals surface area contributed by atoms with Gasteiger partial charge in [-0.2, -0.15) is 0 Å². The number of aromatic nitrogens is 1. The van der Waals surface area contributed by atoms with Crippen LogP contribution in [-0.2, 0) is 15.1 Å². The third kappa shape index (κ3) is 4.14. The molecule has 3 heterocycles. The van der Waals surface area contributed by atoms with Gasteiger partial charge in [-0.1, -0.05) is 42.5 Å². The monoisotopic (exact) mass is 458 g/mol. The fraction of sp³-hybridized carbons (Fsp3) is 0.333. The normalized spacial score (nSPS) is 16.7. The van der Waals surface area contributed by atoms with Crippen molar-refractivity contribution in [2.75, 3.05) is 25.0 Å². The maximum Gasteiger partial charge on any atom is 0.317 e. The molecule has 2 amide bonds. The van der Waals surface area contributed by atoms with E-state index in [9.17, 15) is 9.59 Å². The largest absolute Gasteiger partial charge is 0.466 e. The molecule has 5 rings (SSSR count). The Morgan fingerprint density at radius 2 is 1.76 bits per heavy atom. The van der Waals surface area contributed by atoms with Gasteiger partial charge in [-0.3, -0.25) is 4.79 Å². The Morgan fingerprint density at radius 3 is 2.53 bits per heavy atom. The summed E-state index contributed by atoms with van der Waals surface area (Å²) >= 11 is 0. The molecule has 2 aromatic carbocycles. The van der Waals surface area contributed by atoms with E-state index in [1.54, 1.807) is 6.92 Å². The minimum Gasteiger partial charge on any atom is -0.466 e. The summed E-state index contributed by atoms with van der Waals surface area (Å²) in [7, 11) is 0. The van der Waals surface area contributed by atoms with Gasteiger partial charge in [0.2, 0.25) is 0 Å². The smallest absolute Gasteiger partial charge is 0.317 e. The molecule has 0 saturated carbocycles. The zero-order valence-corrected chi connectivity index (χ0v) is 19.4. The minimum absolute atomic E-state index is 0.104. The van der Waals surface area contributed by atoms with Crippen LogP contribution in [0, 0.1) is 0 Å². The fourth-order valence-electron chi connectivity index (χ4n) is 5.13. The Hall–Kier alpha value is -3.74. The average molecular weight is 459 g/mol. The number of fused-ring (bicyclic) bond motifs is 4. The van der Waals surface area contributed by atoms with E-state index in [0.717, 1.165) is 29.8 Å². The van der Waals surface area contributed by atoms with Crippen molar-refractivity contribution < 1.29 is 14.3 Å². The number of esters is 1. The first-order valence-electron chi connectivity index (χ1n) is 11.9. The van der Waals surface area contributed by atoms with Crippen molar-refractivity contribution in [3.05, 3.63) is 84.2 Å². The lowest BCUT2D eigenvalue weighted by molar-refractivity contribution is -0.143. The third-order valence-corrected chi connectivity index (χ3v) is 6.86. The number of ether oxygens (including phenoxy) is 1. The fourth-order valence-corrected chi connectivity index (χ4v) is 5.13. The first-order valence-corrected chi connectivity index (χ1v) is 11.9. The van der Waals surface area contributed by atoms with Crippen LogP contribution in [0.3, 0.4) is 0 Å². The Kier molecular flexibility index (Phi) is 6.01. The molecule has 2 N–H and O–H groups in total. The second kappa shape index (κ2) is 9.25. The van der Waals surface area contributed by atoms with Crippen molar-refractivity contribution in [2.45, 2.75) is 37.8 Å². The zero-order chi connectivity index (χ0) is 23.5. The number of anilines is 1. The number of carbonyl (C=O) groups is 2. The molecule has 2 aliphatic rings. The van der Waals surface area contributed by atoms with Gasteiger partial charge in [0.05, 0.1) is 36.0 Å². The van der Waals surface area contributed by atoms with Crippen molar-refractivity contribution in [1.29, 1.82) is 0 Å². The number of carbonyl (C=O) groups excluding carboxylic acids is 2. The van der Waals surface area contributed by atoms with Gasteiger partial charge >= 0.3 is 12.0 Å². The van der Waals surface area contributed by atoms with Crippen LogP contribution < -0.4 is 10.6 Å². The summed E-state index contributed by atoms with van der Waals surface area (Å²) in [4.78, 5) is 27.3. The predicted octanol–water partition coefficient (Wildman–Crippen LogP) is 4.60. The molecule has 1 aromatic heterocycles. The van der Waals surface area contributed by atoms with Crippen molar-refractivity contribution in [2.24, 2.45) is 0 Å². The standard InChI is InChI=1S/C27H30N4O3/c1-2-34-25(32)19-22(20-9-4-3-5-10-20)28-26(33)30-17-14-27(15-18-30)24-13-8-16-31(24)23-12-7-6-11-21(23)29-27/h3-13,16,22,29H,2,14-15,17-19H2,1H3,(H,28,33). The maximum absolute atomic E-state index is 13.2. The van der Waals surface area contributed by atoms with Crippen LogP contribution in [0.1, 0.15) is 43.5 Å². The molecular weight excluding hydrogens is 428 g/mol. The van der Waals surface area contributed by atoms with Crippen LogP contribution in [0.2, 0.25) is 0 Å². The molecule has 0 bridgehead atoms. The molecule has 2 aliphatic heterocycles. The van der Waals surface area contributed by atoms with E-state index in [-0.39, 0.29) is 24.0 Å². The summed E-state index contributed by atoms with van der Waals surface area (Å²) in [6.45, 7) is 3.34. The summed E-state index contributed by atoms with van der Waals surface area (Å²) in [5, 5.41) is 6.85. The number of nitrogens with one attached hydrogen (secondary N) is 2. The van der Waals surface area contributed by atoms with E-state index in [1.165, 1.54) is 5.69 Å². The highest BCUT2D eigenvalue weighted by atomic mass is 16.5. The van der Waals surface area contributed by atoms with E-state index in [0.29, 0.717) is 19.7 Å². The summed E-state index contributed by atoms with van der Waals surface area (Å²) in [5.74, 6) is -0.319. The molecule has 7 nitrogen and oxygen atoms in total. The molecule has 34 heavy (non-hydrogen) atoms. The second-order valence-corrected chi connectivity index (χ2v) is 8.90. The van der Waals surface area contributed by atoms with Crippen molar-refractivity contribution in [3.63, 3.8) is 0 Å². The molecule has 1 fully saturated rings.